The average Bonchev–Trinajstić information content (AvgIpc) is 2.24. The Hall–Kier alpha value is -0.740. The lowest BCUT2D eigenvalue weighted by atomic mass is 9.91. The van der Waals surface area contributed by atoms with E-state index in [2.05, 4.69) is 4.74 Å². The molecule has 0 radical (unpaired) electrons. The van der Waals surface area contributed by atoms with Crippen molar-refractivity contribution in [2.45, 2.75) is 48.5 Å². The molecule has 0 aromatic carbocycles. The van der Waals surface area contributed by atoms with Gasteiger partial charge in [0.15, 0.2) is 11.6 Å². The molecule has 0 aliphatic rings. The second kappa shape index (κ2) is 9.21. The van der Waals surface area contributed by atoms with Crippen molar-refractivity contribution in [3.05, 3.63) is 0 Å². The topological polar surface area (TPSA) is 52.6 Å². The molecular weight excluding hydrogens is 244 g/mol. The summed E-state index contributed by atoms with van der Waals surface area (Å²) in [4.78, 5) is 22.0. The van der Waals surface area contributed by atoms with Gasteiger partial charge in [0.05, 0.1) is 0 Å². The molecule has 0 aromatic rings. The van der Waals surface area contributed by atoms with Gasteiger partial charge in [0, 0.05) is 24.5 Å². The van der Waals surface area contributed by atoms with Crippen molar-refractivity contribution in [3.63, 3.8) is 0 Å². The maximum atomic E-state index is 11.1. The molecule has 4 nitrogen and oxygen atoms in total. The van der Waals surface area contributed by atoms with E-state index in [1.807, 2.05) is 48.5 Å². The summed E-state index contributed by atoms with van der Waals surface area (Å²) in [5.41, 5.74) is -0.509. The van der Waals surface area contributed by atoms with E-state index in [1.54, 1.807) is 0 Å². The van der Waals surface area contributed by atoms with Crippen LogP contribution >= 0.6 is 0 Å². The van der Waals surface area contributed by atoms with Crippen molar-refractivity contribution < 1.29 is 19.1 Å². The van der Waals surface area contributed by atoms with Crippen molar-refractivity contribution >= 4 is 11.6 Å². The van der Waals surface area contributed by atoms with E-state index >= 15 is 0 Å². The van der Waals surface area contributed by atoms with Crippen LogP contribution < -0.4 is 0 Å². The Bertz CT molecular complexity index is 269. The van der Waals surface area contributed by atoms with E-state index in [4.69, 9.17) is 4.74 Å². The summed E-state index contributed by atoms with van der Waals surface area (Å²) >= 11 is 0. The zero-order valence-electron chi connectivity index (χ0n) is 13.8. The number of hydrogen-bond acceptors (Lipinski definition) is 4. The summed E-state index contributed by atoms with van der Waals surface area (Å²) < 4.78 is 9.65. The Morgan fingerprint density at radius 2 is 1.21 bits per heavy atom. The van der Waals surface area contributed by atoms with Gasteiger partial charge in [-0.25, -0.2) is 0 Å². The number of Topliss-reactive ketones (excluding diaryl/α,β-unsaturated/α-hetero) is 2. The van der Waals surface area contributed by atoms with Gasteiger partial charge in [0.2, 0.25) is 0 Å². The van der Waals surface area contributed by atoms with E-state index in [0.717, 1.165) is 0 Å². The van der Waals surface area contributed by atoms with Crippen molar-refractivity contribution in [2.75, 3.05) is 26.9 Å². The maximum Gasteiger partial charge on any atom is 0.163 e. The molecule has 4 heteroatoms. The lowest BCUT2D eigenvalue weighted by Crippen LogP contribution is -2.24. The van der Waals surface area contributed by atoms with Gasteiger partial charge in [0.25, 0.3) is 0 Å². The molecule has 19 heavy (non-hydrogen) atoms. The van der Waals surface area contributed by atoms with Gasteiger partial charge in [-0.3, -0.25) is 9.59 Å². The van der Waals surface area contributed by atoms with Crippen LogP contribution in [-0.2, 0) is 19.1 Å². The minimum absolute atomic E-state index is 0.144. The van der Waals surface area contributed by atoms with Crippen LogP contribution in [0.2, 0.25) is 0 Å². The number of carbonyl (C=O) groups is 2. The fraction of sp³-hybridized carbons (Fsp3) is 0.867. The van der Waals surface area contributed by atoms with E-state index in [-0.39, 0.29) is 35.6 Å². The minimum atomic E-state index is -0.255. The van der Waals surface area contributed by atoms with E-state index < -0.39 is 0 Å². The maximum absolute atomic E-state index is 11.1. The van der Waals surface area contributed by atoms with Gasteiger partial charge >= 0.3 is 0 Å². The largest absolute Gasteiger partial charge is 0.377 e. The predicted molar refractivity (Wildman–Crippen MR) is 77.3 cm³/mol. The third-order valence-corrected chi connectivity index (χ3v) is 2.39. The number of methoxy groups -OCH3 is 1. The Labute approximate surface area is 117 Å². The van der Waals surface area contributed by atoms with Gasteiger partial charge in [-0.1, -0.05) is 41.5 Å². The van der Waals surface area contributed by atoms with E-state index in [0.29, 0.717) is 6.61 Å². The lowest BCUT2D eigenvalue weighted by molar-refractivity contribution is -0.131. The molecule has 0 heterocycles. The monoisotopic (exact) mass is 274 g/mol. The van der Waals surface area contributed by atoms with Crippen LogP contribution in [0.3, 0.4) is 0 Å². The molecule has 0 saturated carbocycles. The van der Waals surface area contributed by atoms with Crippen molar-refractivity contribution in [1.29, 1.82) is 0 Å². The fourth-order valence-corrected chi connectivity index (χ4v) is 0.759. The molecule has 0 aromatic heterocycles. The summed E-state index contributed by atoms with van der Waals surface area (Å²) in [6.45, 7) is 14.3. The number of hydrogen-bond donors (Lipinski definition) is 0. The summed E-state index contributed by atoms with van der Waals surface area (Å²) in [6.07, 6.45) is 0. The summed E-state index contributed by atoms with van der Waals surface area (Å²) in [5.74, 6) is 0.305. The Morgan fingerprint density at radius 1 is 0.842 bits per heavy atom. The first-order valence-electron chi connectivity index (χ1n) is 6.60. The number of ketones is 2. The molecule has 0 fully saturated rings. The standard InChI is InChI=1S/C8H16O2.C7H14O2/c1-5-10-6-7(9)8(2,3)4;1-7(2,3)6(8)5-9-4/h5-6H2,1-4H3;5H2,1-4H3. The van der Waals surface area contributed by atoms with Gasteiger partial charge in [-0.05, 0) is 6.92 Å². The number of ether oxygens (including phenoxy) is 2. The van der Waals surface area contributed by atoms with Gasteiger partial charge < -0.3 is 9.47 Å². The van der Waals surface area contributed by atoms with Crippen LogP contribution in [0.25, 0.3) is 0 Å². The summed E-state index contributed by atoms with van der Waals surface area (Å²) in [7, 11) is 1.53. The summed E-state index contributed by atoms with van der Waals surface area (Å²) in [5, 5.41) is 0. The normalized spacial score (nSPS) is 11.6. The lowest BCUT2D eigenvalue weighted by Gasteiger charge is -2.15. The first kappa shape index (κ1) is 20.6. The molecular formula is C15H30O4. The highest BCUT2D eigenvalue weighted by molar-refractivity contribution is 5.85. The number of rotatable bonds is 5. The van der Waals surface area contributed by atoms with Crippen molar-refractivity contribution in [1.82, 2.24) is 0 Å². The van der Waals surface area contributed by atoms with E-state index in [1.165, 1.54) is 7.11 Å². The molecule has 0 rings (SSSR count). The molecule has 0 aliphatic carbocycles. The Morgan fingerprint density at radius 3 is 1.42 bits per heavy atom. The van der Waals surface area contributed by atoms with Crippen LogP contribution in [0.5, 0.6) is 0 Å². The third kappa shape index (κ3) is 12.1. The first-order chi connectivity index (χ1) is 8.46. The molecule has 0 N–H and O–H groups in total. The highest BCUT2D eigenvalue weighted by atomic mass is 16.5. The quantitative estimate of drug-likeness (QED) is 0.773. The van der Waals surface area contributed by atoms with Crippen molar-refractivity contribution in [3.8, 4) is 0 Å². The van der Waals surface area contributed by atoms with Crippen LogP contribution in [0, 0.1) is 10.8 Å². The zero-order chi connectivity index (χ0) is 15.7. The molecule has 0 bridgehead atoms. The molecule has 0 aliphatic heterocycles. The van der Waals surface area contributed by atoms with Crippen molar-refractivity contribution in [2.24, 2.45) is 10.8 Å². The highest BCUT2D eigenvalue weighted by Gasteiger charge is 2.20. The van der Waals surface area contributed by atoms with Gasteiger partial charge in [-0.15, -0.1) is 0 Å². The fourth-order valence-electron chi connectivity index (χ4n) is 0.759. The second-order valence-corrected chi connectivity index (χ2v) is 6.42. The molecule has 0 saturated heterocycles. The zero-order valence-corrected chi connectivity index (χ0v) is 13.8. The SMILES string of the molecule is CCOCC(=O)C(C)(C)C.COCC(=O)C(C)(C)C. The molecule has 114 valence electrons. The molecule has 0 amide bonds. The molecule has 0 atom stereocenters. The Balaban J connectivity index is 0. The van der Waals surface area contributed by atoms with Gasteiger partial charge in [-0.2, -0.15) is 0 Å². The predicted octanol–water partition coefficient (Wildman–Crippen LogP) is 2.89. The molecule has 0 spiro atoms. The highest BCUT2D eigenvalue weighted by Crippen LogP contribution is 2.14. The van der Waals surface area contributed by atoms with Crippen LogP contribution in [0.4, 0.5) is 0 Å². The Kier molecular flexibility index (Phi) is 9.97. The summed E-state index contributed by atoms with van der Waals surface area (Å²) in [6, 6.07) is 0. The second-order valence-electron chi connectivity index (χ2n) is 6.42. The van der Waals surface area contributed by atoms with Crippen LogP contribution in [0.15, 0.2) is 0 Å². The smallest absolute Gasteiger partial charge is 0.163 e. The van der Waals surface area contributed by atoms with Gasteiger partial charge in [0.1, 0.15) is 13.2 Å². The first-order valence-corrected chi connectivity index (χ1v) is 6.60. The number of carbonyl (C=O) groups excluding carboxylic acids is 2. The van der Waals surface area contributed by atoms with Crippen LogP contribution in [-0.4, -0.2) is 38.5 Å². The third-order valence-electron chi connectivity index (χ3n) is 2.39. The molecule has 0 unspecified atom stereocenters. The van der Waals surface area contributed by atoms with E-state index in [9.17, 15) is 9.59 Å². The average molecular weight is 274 g/mol. The minimum Gasteiger partial charge on any atom is -0.377 e. The van der Waals surface area contributed by atoms with Crippen LogP contribution in [0.1, 0.15) is 48.5 Å².